The number of nitrogen functional groups attached to an aromatic ring is 1. The highest BCUT2D eigenvalue weighted by atomic mass is 16.6. The van der Waals surface area contributed by atoms with Crippen LogP contribution in [-0.4, -0.2) is 34.5 Å². The molecule has 3 aromatic rings. The summed E-state index contributed by atoms with van der Waals surface area (Å²) in [6.07, 6.45) is 0. The summed E-state index contributed by atoms with van der Waals surface area (Å²) in [5.41, 5.74) is 9.18. The van der Waals surface area contributed by atoms with Crippen molar-refractivity contribution in [3.8, 4) is 22.9 Å². The largest absolute Gasteiger partial charge is 0.486 e. The second-order valence-corrected chi connectivity index (χ2v) is 5.42. The molecule has 4 rings (SSSR count). The molecule has 0 saturated heterocycles. The monoisotopic (exact) mass is 311 g/mol. The Morgan fingerprint density at radius 2 is 1.91 bits per heavy atom. The lowest BCUT2D eigenvalue weighted by Gasteiger charge is -2.18. The summed E-state index contributed by atoms with van der Waals surface area (Å²) in [6, 6.07) is 11.4. The van der Waals surface area contributed by atoms with Crippen molar-refractivity contribution in [2.75, 3.05) is 25.6 Å². The normalized spacial score (nSPS) is 13.4. The second-order valence-electron chi connectivity index (χ2n) is 5.42. The number of hydrogen-bond donors (Lipinski definition) is 2. The second kappa shape index (κ2) is 5.48. The average molecular weight is 311 g/mol. The number of aliphatic hydroxyl groups excluding tert-OH is 1. The van der Waals surface area contributed by atoms with Crippen LogP contribution >= 0.6 is 0 Å². The Balaban J connectivity index is 1.94. The highest BCUT2D eigenvalue weighted by Crippen LogP contribution is 2.36. The molecule has 0 fully saturated rings. The smallest absolute Gasteiger partial charge is 0.163 e. The van der Waals surface area contributed by atoms with Crippen LogP contribution in [0.2, 0.25) is 0 Å². The van der Waals surface area contributed by atoms with Gasteiger partial charge in [0.25, 0.3) is 0 Å². The SMILES string of the molecule is Nc1cccc(-c2nc3cc4c(cc3n2CCO)OCCO4)c1. The lowest BCUT2D eigenvalue weighted by molar-refractivity contribution is 0.172. The zero-order valence-corrected chi connectivity index (χ0v) is 12.5. The summed E-state index contributed by atoms with van der Waals surface area (Å²) in [5.74, 6) is 2.18. The van der Waals surface area contributed by atoms with Crippen LogP contribution in [-0.2, 0) is 6.54 Å². The van der Waals surface area contributed by atoms with E-state index in [1.165, 1.54) is 0 Å². The molecule has 0 spiro atoms. The maximum Gasteiger partial charge on any atom is 0.163 e. The number of aromatic nitrogens is 2. The predicted octanol–water partition coefficient (Wildman–Crippen LogP) is 2.05. The van der Waals surface area contributed by atoms with Crippen LogP contribution in [0.3, 0.4) is 0 Å². The van der Waals surface area contributed by atoms with Crippen molar-refractivity contribution in [2.45, 2.75) is 6.54 Å². The van der Waals surface area contributed by atoms with Crippen molar-refractivity contribution in [3.05, 3.63) is 36.4 Å². The standard InChI is InChI=1S/C17H17N3O3/c18-12-3-1-2-11(8-12)17-19-13-9-15-16(23-7-6-22-15)10-14(13)20(17)4-5-21/h1-3,8-10,21H,4-7,18H2. The van der Waals surface area contributed by atoms with Gasteiger partial charge in [-0.15, -0.1) is 0 Å². The third-order valence-corrected chi connectivity index (χ3v) is 3.88. The van der Waals surface area contributed by atoms with Gasteiger partial charge in [-0.2, -0.15) is 0 Å². The average Bonchev–Trinajstić information content (AvgIpc) is 2.91. The summed E-state index contributed by atoms with van der Waals surface area (Å²) >= 11 is 0. The number of nitrogens with two attached hydrogens (primary N) is 1. The fraction of sp³-hybridized carbons (Fsp3) is 0.235. The van der Waals surface area contributed by atoms with Gasteiger partial charge < -0.3 is 24.9 Å². The van der Waals surface area contributed by atoms with Gasteiger partial charge in [-0.25, -0.2) is 4.98 Å². The minimum Gasteiger partial charge on any atom is -0.486 e. The molecule has 0 saturated carbocycles. The number of fused-ring (bicyclic) bond motifs is 2. The lowest BCUT2D eigenvalue weighted by atomic mass is 10.2. The number of imidazole rings is 1. The van der Waals surface area contributed by atoms with E-state index in [9.17, 15) is 5.11 Å². The Morgan fingerprint density at radius 1 is 1.13 bits per heavy atom. The Morgan fingerprint density at radius 3 is 2.65 bits per heavy atom. The van der Waals surface area contributed by atoms with E-state index in [4.69, 9.17) is 20.2 Å². The number of nitrogens with zero attached hydrogens (tertiary/aromatic N) is 2. The van der Waals surface area contributed by atoms with Crippen molar-refractivity contribution < 1.29 is 14.6 Å². The van der Waals surface area contributed by atoms with Gasteiger partial charge in [0.2, 0.25) is 0 Å². The Bertz CT molecular complexity index is 873. The molecule has 6 nitrogen and oxygen atoms in total. The molecule has 0 bridgehead atoms. The summed E-state index contributed by atoms with van der Waals surface area (Å²) in [5, 5.41) is 9.43. The molecule has 0 atom stereocenters. The molecule has 118 valence electrons. The minimum absolute atomic E-state index is 0.0230. The fourth-order valence-electron chi connectivity index (χ4n) is 2.89. The van der Waals surface area contributed by atoms with Crippen LogP contribution in [0.1, 0.15) is 0 Å². The van der Waals surface area contributed by atoms with Gasteiger partial charge in [-0.3, -0.25) is 0 Å². The molecule has 0 aliphatic carbocycles. The number of ether oxygens (including phenoxy) is 2. The summed E-state index contributed by atoms with van der Waals surface area (Å²) in [7, 11) is 0. The molecule has 2 aromatic carbocycles. The first kappa shape index (κ1) is 13.9. The van der Waals surface area contributed by atoms with Gasteiger partial charge >= 0.3 is 0 Å². The summed E-state index contributed by atoms with van der Waals surface area (Å²) in [4.78, 5) is 4.71. The molecule has 3 N–H and O–H groups in total. The van der Waals surface area contributed by atoms with Crippen LogP contribution in [0.5, 0.6) is 11.5 Å². The van der Waals surface area contributed by atoms with E-state index >= 15 is 0 Å². The number of hydrogen-bond acceptors (Lipinski definition) is 5. The third kappa shape index (κ3) is 2.37. The molecule has 23 heavy (non-hydrogen) atoms. The molecule has 0 radical (unpaired) electrons. The summed E-state index contributed by atoms with van der Waals surface area (Å²) in [6.45, 7) is 1.54. The number of aliphatic hydroxyl groups is 1. The van der Waals surface area contributed by atoms with Crippen LogP contribution < -0.4 is 15.2 Å². The van der Waals surface area contributed by atoms with Gasteiger partial charge in [0.1, 0.15) is 19.0 Å². The molecule has 6 heteroatoms. The molecular weight excluding hydrogens is 294 g/mol. The fourth-order valence-corrected chi connectivity index (χ4v) is 2.89. The third-order valence-electron chi connectivity index (χ3n) is 3.88. The van der Waals surface area contributed by atoms with E-state index < -0.39 is 0 Å². The molecule has 1 aliphatic heterocycles. The van der Waals surface area contributed by atoms with Crippen molar-refractivity contribution in [1.29, 1.82) is 0 Å². The first-order valence-electron chi connectivity index (χ1n) is 7.53. The number of rotatable bonds is 3. The van der Waals surface area contributed by atoms with Crippen molar-refractivity contribution >= 4 is 16.7 Å². The quantitative estimate of drug-likeness (QED) is 0.723. The molecular formula is C17H17N3O3. The topological polar surface area (TPSA) is 82.5 Å². The van der Waals surface area contributed by atoms with Gasteiger partial charge in [0.15, 0.2) is 11.5 Å². The Kier molecular flexibility index (Phi) is 3.31. The lowest BCUT2D eigenvalue weighted by Crippen LogP contribution is -2.15. The summed E-state index contributed by atoms with van der Waals surface area (Å²) < 4.78 is 13.2. The molecule has 1 aromatic heterocycles. The van der Waals surface area contributed by atoms with E-state index in [0.717, 1.165) is 22.4 Å². The van der Waals surface area contributed by atoms with Crippen LogP contribution in [0, 0.1) is 0 Å². The number of benzene rings is 2. The van der Waals surface area contributed by atoms with Gasteiger partial charge in [0, 0.05) is 29.9 Å². The first-order valence-corrected chi connectivity index (χ1v) is 7.53. The van der Waals surface area contributed by atoms with E-state index in [1.807, 2.05) is 41.0 Å². The maximum atomic E-state index is 9.43. The molecule has 1 aliphatic rings. The predicted molar refractivity (Wildman–Crippen MR) is 87.7 cm³/mol. The van der Waals surface area contributed by atoms with Gasteiger partial charge in [-0.05, 0) is 12.1 Å². The highest BCUT2D eigenvalue weighted by Gasteiger charge is 2.18. The maximum absolute atomic E-state index is 9.43. The zero-order valence-electron chi connectivity index (χ0n) is 12.5. The first-order chi connectivity index (χ1) is 11.3. The zero-order chi connectivity index (χ0) is 15.8. The van der Waals surface area contributed by atoms with E-state index in [2.05, 4.69) is 0 Å². The van der Waals surface area contributed by atoms with Gasteiger partial charge in [-0.1, -0.05) is 12.1 Å². The van der Waals surface area contributed by atoms with Crippen molar-refractivity contribution in [3.63, 3.8) is 0 Å². The van der Waals surface area contributed by atoms with Crippen LogP contribution in [0.4, 0.5) is 5.69 Å². The Labute approximate surface area is 133 Å². The van der Waals surface area contributed by atoms with E-state index in [0.29, 0.717) is 36.9 Å². The number of anilines is 1. The highest BCUT2D eigenvalue weighted by molar-refractivity contribution is 5.84. The van der Waals surface area contributed by atoms with Crippen LogP contribution in [0.15, 0.2) is 36.4 Å². The molecule has 0 amide bonds. The van der Waals surface area contributed by atoms with Crippen molar-refractivity contribution in [2.24, 2.45) is 0 Å². The van der Waals surface area contributed by atoms with E-state index in [-0.39, 0.29) is 6.61 Å². The van der Waals surface area contributed by atoms with Crippen molar-refractivity contribution in [1.82, 2.24) is 9.55 Å². The molecule has 2 heterocycles. The molecule has 0 unspecified atom stereocenters. The van der Waals surface area contributed by atoms with Gasteiger partial charge in [0.05, 0.1) is 17.6 Å². The van der Waals surface area contributed by atoms with Crippen LogP contribution in [0.25, 0.3) is 22.4 Å². The van der Waals surface area contributed by atoms with E-state index in [1.54, 1.807) is 0 Å². The minimum atomic E-state index is 0.0230. The Hall–Kier alpha value is -2.73.